The van der Waals surface area contributed by atoms with Gasteiger partial charge in [-0.3, -0.25) is 13.9 Å². The van der Waals surface area contributed by atoms with Crippen molar-refractivity contribution in [3.05, 3.63) is 94.0 Å². The minimum absolute atomic E-state index is 0.00104. The Balaban J connectivity index is 2.04. The summed E-state index contributed by atoms with van der Waals surface area (Å²) in [6, 6.07) is 19.5. The molecule has 0 bridgehead atoms. The number of sulfonamides is 1. The van der Waals surface area contributed by atoms with Gasteiger partial charge in [0, 0.05) is 18.6 Å². The van der Waals surface area contributed by atoms with Crippen molar-refractivity contribution in [1.29, 1.82) is 0 Å². The van der Waals surface area contributed by atoms with Gasteiger partial charge in [0.05, 0.1) is 15.6 Å². The molecule has 3 aromatic carbocycles. The van der Waals surface area contributed by atoms with Crippen LogP contribution in [0.4, 0.5) is 5.69 Å². The summed E-state index contributed by atoms with van der Waals surface area (Å²) in [4.78, 5) is 28.0. The Labute approximate surface area is 234 Å². The van der Waals surface area contributed by atoms with Crippen LogP contribution in [0, 0.1) is 6.92 Å². The normalized spacial score (nSPS) is 12.0. The molecule has 2 amide bonds. The van der Waals surface area contributed by atoms with E-state index in [1.807, 2.05) is 37.3 Å². The van der Waals surface area contributed by atoms with Crippen molar-refractivity contribution in [1.82, 2.24) is 10.2 Å². The van der Waals surface area contributed by atoms with Crippen molar-refractivity contribution in [2.24, 2.45) is 0 Å². The van der Waals surface area contributed by atoms with Gasteiger partial charge in [-0.2, -0.15) is 0 Å². The van der Waals surface area contributed by atoms with Crippen molar-refractivity contribution in [3.63, 3.8) is 0 Å². The highest BCUT2D eigenvalue weighted by Crippen LogP contribution is 2.33. The molecule has 0 spiro atoms. The maximum Gasteiger partial charge on any atom is 0.264 e. The zero-order valence-electron chi connectivity index (χ0n) is 21.5. The number of carbonyl (C=O) groups excluding carboxylic acids is 2. The number of nitrogens with one attached hydrogen (secondary N) is 1. The monoisotopic (exact) mass is 575 g/mol. The average molecular weight is 577 g/mol. The summed E-state index contributed by atoms with van der Waals surface area (Å²) in [6.07, 6.45) is 0.839. The molecule has 3 aromatic rings. The highest BCUT2D eigenvalue weighted by atomic mass is 35.5. The van der Waals surface area contributed by atoms with Gasteiger partial charge >= 0.3 is 0 Å². The zero-order valence-corrected chi connectivity index (χ0v) is 23.9. The number of nitrogens with zero attached hydrogens (tertiary/aromatic N) is 2. The maximum atomic E-state index is 13.9. The van der Waals surface area contributed by atoms with Gasteiger partial charge in [0.25, 0.3) is 10.0 Å². The zero-order chi connectivity index (χ0) is 27.9. The minimum Gasteiger partial charge on any atom is -0.357 e. The molecule has 0 aromatic heterocycles. The van der Waals surface area contributed by atoms with Crippen LogP contribution >= 0.6 is 23.2 Å². The topological polar surface area (TPSA) is 86.8 Å². The smallest absolute Gasteiger partial charge is 0.264 e. The lowest BCUT2D eigenvalue weighted by molar-refractivity contribution is -0.139. The summed E-state index contributed by atoms with van der Waals surface area (Å²) in [5.74, 6) is -0.870. The lowest BCUT2D eigenvalue weighted by atomic mass is 10.1. The highest BCUT2D eigenvalue weighted by molar-refractivity contribution is 7.92. The third-order valence-electron chi connectivity index (χ3n) is 6.18. The molecule has 3 rings (SSSR count). The van der Waals surface area contributed by atoms with Gasteiger partial charge in [0.1, 0.15) is 12.6 Å². The van der Waals surface area contributed by atoms with E-state index in [2.05, 4.69) is 5.32 Å². The fraction of sp³-hybridized carbons (Fsp3) is 0.286. The Bertz CT molecular complexity index is 1370. The fourth-order valence-electron chi connectivity index (χ4n) is 4.09. The van der Waals surface area contributed by atoms with E-state index in [9.17, 15) is 18.0 Å². The number of rotatable bonds is 11. The summed E-state index contributed by atoms with van der Waals surface area (Å²) in [6.45, 7) is 3.30. The molecule has 0 aliphatic heterocycles. The molecule has 10 heteroatoms. The molecular formula is C28H31Cl2N3O4S. The largest absolute Gasteiger partial charge is 0.357 e. The molecule has 0 radical (unpaired) electrons. The SMILES string of the molecule is CCC(C(=O)NC)N(CCc1ccccc1)C(=O)CN(c1cc(Cl)ccc1Cl)S(=O)(=O)c1ccc(C)cc1. The number of benzene rings is 3. The molecule has 0 aliphatic rings. The van der Waals surface area contributed by atoms with Crippen LogP contribution in [-0.2, 0) is 26.0 Å². The van der Waals surface area contributed by atoms with Crippen LogP contribution in [0.1, 0.15) is 24.5 Å². The first kappa shape index (κ1) is 29.5. The van der Waals surface area contributed by atoms with Gasteiger partial charge in [0.15, 0.2) is 0 Å². The Morgan fingerprint density at radius 3 is 2.24 bits per heavy atom. The second-order valence-corrected chi connectivity index (χ2v) is 11.5. The molecule has 38 heavy (non-hydrogen) atoms. The average Bonchev–Trinajstić information content (AvgIpc) is 2.91. The van der Waals surface area contributed by atoms with Crippen LogP contribution in [0.15, 0.2) is 77.7 Å². The van der Waals surface area contributed by atoms with Gasteiger partial charge in [-0.25, -0.2) is 8.42 Å². The summed E-state index contributed by atoms with van der Waals surface area (Å²) in [7, 11) is -2.72. The van der Waals surface area contributed by atoms with Crippen LogP contribution < -0.4 is 9.62 Å². The molecule has 0 saturated heterocycles. The number of halogens is 2. The van der Waals surface area contributed by atoms with Crippen molar-refractivity contribution in [3.8, 4) is 0 Å². The first-order valence-corrected chi connectivity index (χ1v) is 14.4. The summed E-state index contributed by atoms with van der Waals surface area (Å²) in [5, 5.41) is 2.99. The number of hydrogen-bond donors (Lipinski definition) is 1. The predicted molar refractivity (Wildman–Crippen MR) is 152 cm³/mol. The number of carbonyl (C=O) groups is 2. The lowest BCUT2D eigenvalue weighted by Crippen LogP contribution is -2.52. The first-order valence-electron chi connectivity index (χ1n) is 12.2. The third-order valence-corrected chi connectivity index (χ3v) is 8.51. The lowest BCUT2D eigenvalue weighted by Gasteiger charge is -2.33. The Morgan fingerprint density at radius 2 is 1.63 bits per heavy atom. The van der Waals surface area contributed by atoms with Gasteiger partial charge in [-0.15, -0.1) is 0 Å². The van der Waals surface area contributed by atoms with E-state index in [1.165, 1.54) is 42.3 Å². The molecule has 1 unspecified atom stereocenters. The number of hydrogen-bond acceptors (Lipinski definition) is 4. The molecule has 0 heterocycles. The highest BCUT2D eigenvalue weighted by Gasteiger charge is 2.34. The standard InChI is InChI=1S/C28H31Cl2N3O4S/c1-4-25(28(35)31-3)32(17-16-21-8-6-5-7-9-21)27(34)19-33(26-18-22(29)12-15-24(26)30)38(36,37)23-13-10-20(2)11-14-23/h5-15,18,25H,4,16-17,19H2,1-3H3,(H,31,35). The fourth-order valence-corrected chi connectivity index (χ4v) is 5.95. The van der Waals surface area contributed by atoms with E-state index in [4.69, 9.17) is 23.2 Å². The molecule has 0 aliphatic carbocycles. The van der Waals surface area contributed by atoms with E-state index in [-0.39, 0.29) is 33.1 Å². The van der Waals surface area contributed by atoms with Crippen LogP contribution in [-0.4, -0.2) is 51.3 Å². The van der Waals surface area contributed by atoms with Crippen LogP contribution in [0.5, 0.6) is 0 Å². The number of aryl methyl sites for hydroxylation is 1. The van der Waals surface area contributed by atoms with Crippen LogP contribution in [0.2, 0.25) is 10.0 Å². The second kappa shape index (κ2) is 13.1. The van der Waals surface area contributed by atoms with Crippen molar-refractivity contribution in [2.75, 3.05) is 24.4 Å². The van der Waals surface area contributed by atoms with E-state index >= 15 is 0 Å². The Morgan fingerprint density at radius 1 is 0.974 bits per heavy atom. The first-order chi connectivity index (χ1) is 18.1. The van der Waals surface area contributed by atoms with Gasteiger partial charge < -0.3 is 10.2 Å². The van der Waals surface area contributed by atoms with Gasteiger partial charge in [-0.1, -0.05) is 78.2 Å². The maximum absolute atomic E-state index is 13.9. The van der Waals surface area contributed by atoms with E-state index in [0.717, 1.165) is 15.4 Å². The molecule has 1 N–H and O–H groups in total. The molecular weight excluding hydrogens is 545 g/mol. The molecule has 0 fully saturated rings. The van der Waals surface area contributed by atoms with E-state index in [0.29, 0.717) is 12.8 Å². The molecule has 0 saturated carbocycles. The number of amides is 2. The Kier molecular flexibility index (Phi) is 10.2. The summed E-state index contributed by atoms with van der Waals surface area (Å²) >= 11 is 12.6. The molecule has 1 atom stereocenters. The van der Waals surface area contributed by atoms with E-state index < -0.39 is 28.5 Å². The third kappa shape index (κ3) is 7.07. The van der Waals surface area contributed by atoms with Gasteiger partial charge in [0.2, 0.25) is 11.8 Å². The van der Waals surface area contributed by atoms with Crippen molar-refractivity contribution >= 4 is 50.7 Å². The number of anilines is 1. The quantitative estimate of drug-likeness (QED) is 0.345. The summed E-state index contributed by atoms with van der Waals surface area (Å²) in [5.41, 5.74) is 1.94. The van der Waals surface area contributed by atoms with Crippen molar-refractivity contribution in [2.45, 2.75) is 37.6 Å². The molecule has 7 nitrogen and oxygen atoms in total. The number of likely N-dealkylation sites (N-methyl/N-ethyl adjacent to an activating group) is 1. The van der Waals surface area contributed by atoms with Crippen LogP contribution in [0.25, 0.3) is 0 Å². The molecule has 202 valence electrons. The minimum atomic E-state index is -4.22. The van der Waals surface area contributed by atoms with Crippen LogP contribution in [0.3, 0.4) is 0 Å². The Hall–Kier alpha value is -3.07. The predicted octanol–water partition coefficient (Wildman–Crippen LogP) is 5.09. The summed E-state index contributed by atoms with van der Waals surface area (Å²) < 4.78 is 28.7. The van der Waals surface area contributed by atoms with E-state index in [1.54, 1.807) is 19.1 Å². The van der Waals surface area contributed by atoms with Gasteiger partial charge in [-0.05, 0) is 55.7 Å². The van der Waals surface area contributed by atoms with Crippen molar-refractivity contribution < 1.29 is 18.0 Å². The second-order valence-electron chi connectivity index (χ2n) is 8.78.